The molecule has 1 heterocycles. The Morgan fingerprint density at radius 2 is 0.767 bits per heavy atom. The Kier molecular flexibility index (Phi) is 62.1. The molecule has 1 aliphatic rings. The van der Waals surface area contributed by atoms with E-state index in [9.17, 15) is 35.1 Å². The number of ether oxygens (including phenoxy) is 3. The molecule has 0 bridgehead atoms. The number of unbranched alkanes of at least 4 members (excludes halogenated alkanes) is 39. The van der Waals surface area contributed by atoms with Gasteiger partial charge in [0.15, 0.2) is 12.4 Å². The molecule has 0 aromatic rings. The van der Waals surface area contributed by atoms with E-state index in [0.717, 1.165) is 89.9 Å². The molecule has 0 aliphatic carbocycles. The van der Waals surface area contributed by atoms with Crippen LogP contribution in [-0.4, -0.2) is 99.6 Å². The second-order valence-electron chi connectivity index (χ2n) is 26.0. The third-order valence-corrected chi connectivity index (χ3v) is 17.5. The Labute approximate surface area is 553 Å². The van der Waals surface area contributed by atoms with Crippen LogP contribution < -0.4 is 5.32 Å². The third kappa shape index (κ3) is 52.2. The number of carbonyl (C=O) groups excluding carboxylic acids is 2. The average molecular weight is 1260 g/mol. The van der Waals surface area contributed by atoms with E-state index < -0.39 is 67.4 Å². The number of aliphatic hydroxyl groups excluding tert-OH is 5. The van der Waals surface area contributed by atoms with E-state index in [4.69, 9.17) is 14.2 Å². The van der Waals surface area contributed by atoms with Crippen molar-refractivity contribution in [1.82, 2.24) is 5.32 Å². The zero-order chi connectivity index (χ0) is 65.3. The predicted octanol–water partition coefficient (Wildman–Crippen LogP) is 20.0. The van der Waals surface area contributed by atoms with Crippen molar-refractivity contribution in [2.45, 2.75) is 391 Å². The molecule has 11 heteroatoms. The van der Waals surface area contributed by atoms with Crippen molar-refractivity contribution in [2.75, 3.05) is 13.2 Å². The maximum Gasteiger partial charge on any atom is 0.306 e. The van der Waals surface area contributed by atoms with Crippen LogP contribution in [0.3, 0.4) is 0 Å². The first-order chi connectivity index (χ1) is 44.2. The highest BCUT2D eigenvalue weighted by Crippen LogP contribution is 2.26. The van der Waals surface area contributed by atoms with Crippen molar-refractivity contribution in [3.05, 3.63) is 85.1 Å². The topological polar surface area (TPSA) is 175 Å². The molecular weight excluding hydrogens is 1120 g/mol. The van der Waals surface area contributed by atoms with Crippen molar-refractivity contribution in [2.24, 2.45) is 0 Å². The van der Waals surface area contributed by atoms with Crippen LogP contribution in [0.5, 0.6) is 0 Å². The summed E-state index contributed by atoms with van der Waals surface area (Å²) in [4.78, 5) is 26.7. The van der Waals surface area contributed by atoms with Crippen molar-refractivity contribution < 1.29 is 49.3 Å². The van der Waals surface area contributed by atoms with Gasteiger partial charge in [-0.25, -0.2) is 0 Å². The van der Waals surface area contributed by atoms with Gasteiger partial charge < -0.3 is 45.1 Å². The Morgan fingerprint density at radius 3 is 1.17 bits per heavy atom. The molecule has 0 radical (unpaired) electrons. The highest BCUT2D eigenvalue weighted by Gasteiger charge is 2.47. The molecule has 90 heavy (non-hydrogen) atoms. The van der Waals surface area contributed by atoms with Gasteiger partial charge in [-0.05, 0) is 103 Å². The Bertz CT molecular complexity index is 1790. The van der Waals surface area contributed by atoms with Gasteiger partial charge in [0.25, 0.3) is 0 Å². The summed E-state index contributed by atoms with van der Waals surface area (Å²) in [6.45, 7) is 5.77. The van der Waals surface area contributed by atoms with E-state index in [-0.39, 0.29) is 19.4 Å². The Hall–Kier alpha value is -3.16. The number of rotatable bonds is 65. The lowest BCUT2D eigenvalue weighted by Gasteiger charge is -2.41. The van der Waals surface area contributed by atoms with Crippen LogP contribution in [0.4, 0.5) is 0 Å². The maximum absolute atomic E-state index is 13.5. The van der Waals surface area contributed by atoms with Crippen molar-refractivity contribution in [3.8, 4) is 0 Å². The molecule has 0 saturated carbocycles. The van der Waals surface area contributed by atoms with Gasteiger partial charge in [-0.3, -0.25) is 9.59 Å². The number of nitrogens with one attached hydrogen (secondary N) is 1. The Balaban J connectivity index is 2.53. The molecule has 522 valence electrons. The monoisotopic (exact) mass is 1260 g/mol. The molecule has 1 aliphatic heterocycles. The maximum atomic E-state index is 13.5. The van der Waals surface area contributed by atoms with Gasteiger partial charge in [0.1, 0.15) is 24.4 Å². The third-order valence-electron chi connectivity index (χ3n) is 17.5. The zero-order valence-corrected chi connectivity index (χ0v) is 58.2. The number of hydrogen-bond acceptors (Lipinski definition) is 10. The number of hydrogen-bond donors (Lipinski definition) is 6. The molecule has 6 N–H and O–H groups in total. The standard InChI is InChI=1S/C79H141NO10/c1-4-7-10-13-16-19-22-25-27-29-31-33-35-36-37-39-40-42-44-46-48-51-54-57-60-63-66-72(83)78(87)80-70(71(82)65-62-59-56-53-50-24-21-18-15-12-9-6-3)69-88-79-77(76(86)75(85)73(68-81)89-79)90-74(84)67-64-61-58-55-52-49-47-45-43-41-38-34-32-30-28-26-23-20-17-14-11-8-5-2/h16-17,19-20,25-28,31-34,62,65,70-73,75-77,79,81-83,85-86H,4-15,18,21-24,29-30,35-61,63-64,66-69H2,1-3H3,(H,80,87)/b19-16-,20-17-,27-25-,28-26-,33-31-,34-32-,65-62+. The van der Waals surface area contributed by atoms with Gasteiger partial charge in [-0.1, -0.05) is 318 Å². The Morgan fingerprint density at radius 1 is 0.433 bits per heavy atom. The van der Waals surface area contributed by atoms with Crippen LogP contribution >= 0.6 is 0 Å². The van der Waals surface area contributed by atoms with Crippen molar-refractivity contribution in [3.63, 3.8) is 0 Å². The largest absolute Gasteiger partial charge is 0.454 e. The summed E-state index contributed by atoms with van der Waals surface area (Å²) in [6.07, 6.45) is 77.6. The fourth-order valence-electron chi connectivity index (χ4n) is 11.6. The lowest BCUT2D eigenvalue weighted by molar-refractivity contribution is -0.305. The summed E-state index contributed by atoms with van der Waals surface area (Å²) in [5.41, 5.74) is 0. The van der Waals surface area contributed by atoms with E-state index in [1.807, 2.05) is 6.08 Å². The minimum absolute atomic E-state index is 0.117. The summed E-state index contributed by atoms with van der Waals surface area (Å²) >= 11 is 0. The first kappa shape index (κ1) is 84.9. The van der Waals surface area contributed by atoms with Crippen LogP contribution in [0.2, 0.25) is 0 Å². The fraction of sp³-hybridized carbons (Fsp3) is 0.797. The molecule has 8 unspecified atom stereocenters. The molecule has 1 rings (SSSR count). The van der Waals surface area contributed by atoms with E-state index in [1.165, 1.54) is 205 Å². The van der Waals surface area contributed by atoms with E-state index >= 15 is 0 Å². The predicted molar refractivity (Wildman–Crippen MR) is 379 cm³/mol. The summed E-state index contributed by atoms with van der Waals surface area (Å²) < 4.78 is 17.7. The van der Waals surface area contributed by atoms with Gasteiger partial charge in [0.2, 0.25) is 5.91 Å². The van der Waals surface area contributed by atoms with Gasteiger partial charge in [-0.2, -0.15) is 0 Å². The molecule has 0 aromatic carbocycles. The van der Waals surface area contributed by atoms with Gasteiger partial charge in [0.05, 0.1) is 25.4 Å². The summed E-state index contributed by atoms with van der Waals surface area (Å²) in [5, 5.41) is 57.4. The quantitative estimate of drug-likeness (QED) is 0.0195. The van der Waals surface area contributed by atoms with Gasteiger partial charge in [-0.15, -0.1) is 0 Å². The number of amides is 1. The van der Waals surface area contributed by atoms with Crippen LogP contribution in [0.15, 0.2) is 85.1 Å². The molecular formula is C79H141NO10. The summed E-state index contributed by atoms with van der Waals surface area (Å²) in [6, 6.07) is -1.03. The minimum Gasteiger partial charge on any atom is -0.454 e. The smallest absolute Gasteiger partial charge is 0.306 e. The van der Waals surface area contributed by atoms with E-state index in [1.54, 1.807) is 6.08 Å². The van der Waals surface area contributed by atoms with Gasteiger partial charge >= 0.3 is 5.97 Å². The first-order valence-electron chi connectivity index (χ1n) is 37.9. The highest BCUT2D eigenvalue weighted by molar-refractivity contribution is 5.80. The lowest BCUT2D eigenvalue weighted by Crippen LogP contribution is -2.61. The number of allylic oxidation sites excluding steroid dienone is 13. The SMILES string of the molecule is CCCCC/C=C\C/C=C\C/C=C\CCCCCCCCCCCCCCCC(O)C(=O)NC(COC1OC(CO)C(O)C(O)C1OC(=O)CCCCCCCCCCCC/C=C\C/C=C\C/C=C\CCCCC)C(O)/C=C/CCCCCCCCCCCC. The number of aliphatic hydroxyl groups is 5. The lowest BCUT2D eigenvalue weighted by atomic mass is 9.99. The second-order valence-corrected chi connectivity index (χ2v) is 26.0. The second kappa shape index (κ2) is 65.9. The average Bonchev–Trinajstić information content (AvgIpc) is 1.11. The molecule has 1 saturated heterocycles. The van der Waals surface area contributed by atoms with Crippen LogP contribution in [0.1, 0.15) is 342 Å². The molecule has 8 atom stereocenters. The van der Waals surface area contributed by atoms with Gasteiger partial charge in [0, 0.05) is 6.42 Å². The molecule has 1 fully saturated rings. The molecule has 11 nitrogen and oxygen atoms in total. The molecule has 1 amide bonds. The van der Waals surface area contributed by atoms with Crippen LogP contribution in [0, 0.1) is 0 Å². The number of esters is 1. The normalized spacial score (nSPS) is 18.5. The van der Waals surface area contributed by atoms with E-state index in [2.05, 4.69) is 99.0 Å². The minimum atomic E-state index is -1.62. The fourth-order valence-corrected chi connectivity index (χ4v) is 11.6. The van der Waals surface area contributed by atoms with E-state index in [0.29, 0.717) is 12.8 Å². The van der Waals surface area contributed by atoms with Crippen LogP contribution in [0.25, 0.3) is 0 Å². The van der Waals surface area contributed by atoms with Crippen LogP contribution in [-0.2, 0) is 23.8 Å². The summed E-state index contributed by atoms with van der Waals surface area (Å²) in [7, 11) is 0. The molecule has 0 aromatic heterocycles. The molecule has 0 spiro atoms. The summed E-state index contributed by atoms with van der Waals surface area (Å²) in [5.74, 6) is -1.19. The van der Waals surface area contributed by atoms with Crippen molar-refractivity contribution >= 4 is 11.9 Å². The first-order valence-corrected chi connectivity index (χ1v) is 37.9. The zero-order valence-electron chi connectivity index (χ0n) is 58.2. The number of carbonyl (C=O) groups is 2. The highest BCUT2D eigenvalue weighted by atomic mass is 16.7. The van der Waals surface area contributed by atoms with Crippen molar-refractivity contribution in [1.29, 1.82) is 0 Å².